The fraction of sp³-hybridized carbons (Fsp3) is 0.852. The first-order valence-electron chi connectivity index (χ1n) is 13.0. The highest BCUT2D eigenvalue weighted by molar-refractivity contribution is 5.95. The minimum atomic E-state index is -0.579. The fourth-order valence-electron chi connectivity index (χ4n) is 9.26. The van der Waals surface area contributed by atoms with E-state index in [1.54, 1.807) is 0 Å². The Hall–Kier alpha value is -2.12. The Kier molecular flexibility index (Phi) is 6.50. The van der Waals surface area contributed by atoms with E-state index in [-0.39, 0.29) is 58.1 Å². The molecule has 8 heteroatoms. The zero-order valence-electron chi connectivity index (χ0n) is 22.1. The molecular formula is C27H41NO7. The highest BCUT2D eigenvalue weighted by Crippen LogP contribution is 2.73. The van der Waals surface area contributed by atoms with Gasteiger partial charge in [0, 0.05) is 32.6 Å². The maximum atomic E-state index is 12.3. The fourth-order valence-corrected chi connectivity index (χ4v) is 9.26. The molecule has 0 amide bonds. The number of hydrogen-bond acceptors (Lipinski definition) is 8. The average Bonchev–Trinajstić information content (AvgIpc) is 3.00. The lowest BCUT2D eigenvalue weighted by Gasteiger charge is -2.69. The predicted octanol–water partition coefficient (Wildman–Crippen LogP) is 4.51. The topological polar surface area (TPSA) is 111 Å². The van der Waals surface area contributed by atoms with Gasteiger partial charge in [-0.05, 0) is 66.6 Å². The Morgan fingerprint density at radius 1 is 0.886 bits per heavy atom. The van der Waals surface area contributed by atoms with Gasteiger partial charge < -0.3 is 19.4 Å². The number of rotatable bonds is 3. The van der Waals surface area contributed by atoms with Gasteiger partial charge in [-0.2, -0.15) is 0 Å². The van der Waals surface area contributed by atoms with Gasteiger partial charge in [0.1, 0.15) is 24.0 Å². The van der Waals surface area contributed by atoms with E-state index in [9.17, 15) is 19.6 Å². The predicted molar refractivity (Wildman–Crippen MR) is 128 cm³/mol. The summed E-state index contributed by atoms with van der Waals surface area (Å²) in [6, 6.07) is 0. The van der Waals surface area contributed by atoms with Crippen molar-refractivity contribution in [1.82, 2.24) is 0 Å². The maximum absolute atomic E-state index is 12.3. The molecule has 0 aliphatic heterocycles. The number of hydrogen-bond donors (Lipinski definition) is 1. The number of ether oxygens (including phenoxy) is 3. The van der Waals surface area contributed by atoms with Crippen LogP contribution in [-0.2, 0) is 28.6 Å². The summed E-state index contributed by atoms with van der Waals surface area (Å²) in [6.07, 6.45) is 3.66. The van der Waals surface area contributed by atoms with Crippen molar-refractivity contribution in [2.24, 2.45) is 45.1 Å². The van der Waals surface area contributed by atoms with Gasteiger partial charge in [-0.3, -0.25) is 14.4 Å². The molecule has 0 saturated heterocycles. The summed E-state index contributed by atoms with van der Waals surface area (Å²) < 4.78 is 17.4. The highest BCUT2D eigenvalue weighted by atomic mass is 16.6. The van der Waals surface area contributed by atoms with Crippen LogP contribution in [0.4, 0.5) is 0 Å². The molecule has 4 rings (SSSR count). The number of carbonyl (C=O) groups excluding carboxylic acids is 3. The van der Waals surface area contributed by atoms with E-state index >= 15 is 0 Å². The normalized spacial score (nSPS) is 47.7. The third kappa shape index (κ3) is 3.86. The minimum absolute atomic E-state index is 0.0793. The standard InChI is InChI=1S/C27H41NO7/c1-14-18-8-11-26(6)24(25(18,5)10-9-20(14)33-15(2)29)21(34-16(3)30)12-19-23(28-32)22(35-17(4)31)13-27(19,26)7/h14,18-22,24,32H,8-13H2,1-7H3/b28-23-/t14-,18?,19-,20+,21+,22-,24-,25-,26-,27-/m0/s1. The van der Waals surface area contributed by atoms with Crippen molar-refractivity contribution in [1.29, 1.82) is 0 Å². The molecule has 4 fully saturated rings. The number of esters is 3. The molecule has 196 valence electrons. The van der Waals surface area contributed by atoms with Gasteiger partial charge in [0.2, 0.25) is 0 Å². The molecule has 1 unspecified atom stereocenters. The summed E-state index contributed by atoms with van der Waals surface area (Å²) in [4.78, 5) is 35.9. The molecule has 4 aliphatic rings. The number of oxime groups is 1. The zero-order chi connectivity index (χ0) is 25.9. The molecule has 0 aromatic heterocycles. The molecule has 1 N–H and O–H groups in total. The van der Waals surface area contributed by atoms with Gasteiger partial charge in [0.25, 0.3) is 0 Å². The van der Waals surface area contributed by atoms with Crippen LogP contribution in [0.3, 0.4) is 0 Å². The number of fused-ring (bicyclic) bond motifs is 5. The van der Waals surface area contributed by atoms with Crippen LogP contribution in [0.5, 0.6) is 0 Å². The summed E-state index contributed by atoms with van der Waals surface area (Å²) in [6.45, 7) is 13.4. The summed E-state index contributed by atoms with van der Waals surface area (Å²) in [5.41, 5.74) is -0.161. The molecule has 0 bridgehead atoms. The van der Waals surface area contributed by atoms with Gasteiger partial charge in [0.05, 0.1) is 0 Å². The number of carbonyl (C=O) groups is 3. The average molecular weight is 492 g/mol. The van der Waals surface area contributed by atoms with E-state index in [1.807, 2.05) is 0 Å². The van der Waals surface area contributed by atoms with Gasteiger partial charge in [0.15, 0.2) is 0 Å². The van der Waals surface area contributed by atoms with Crippen molar-refractivity contribution in [2.45, 2.75) is 105 Å². The summed E-state index contributed by atoms with van der Waals surface area (Å²) >= 11 is 0. The van der Waals surface area contributed by atoms with Gasteiger partial charge in [-0.1, -0.05) is 32.9 Å². The molecule has 0 spiro atoms. The molecule has 10 atom stereocenters. The van der Waals surface area contributed by atoms with Gasteiger partial charge in [-0.25, -0.2) is 0 Å². The first-order chi connectivity index (χ1) is 16.3. The first-order valence-corrected chi connectivity index (χ1v) is 13.0. The molecule has 4 aliphatic carbocycles. The highest BCUT2D eigenvalue weighted by Gasteiger charge is 2.72. The molecule has 8 nitrogen and oxygen atoms in total. The van der Waals surface area contributed by atoms with Crippen LogP contribution >= 0.6 is 0 Å². The molecule has 35 heavy (non-hydrogen) atoms. The zero-order valence-corrected chi connectivity index (χ0v) is 22.1. The second-order valence-electron chi connectivity index (χ2n) is 12.3. The SMILES string of the molecule is CC(=O)O[C@H]1C[C@@]2(C)[C@@H](C[C@@H](OC(C)=O)[C@H]3[C@@]4(C)CC[C@@H](OC(C)=O)[C@@H](C)C4CC[C@@]32C)/C1=N/O. The van der Waals surface area contributed by atoms with Crippen LogP contribution in [0.1, 0.15) is 87.0 Å². The Bertz CT molecular complexity index is 932. The van der Waals surface area contributed by atoms with Crippen LogP contribution < -0.4 is 0 Å². The van der Waals surface area contributed by atoms with E-state index in [1.165, 1.54) is 20.8 Å². The molecule has 0 radical (unpaired) electrons. The van der Waals surface area contributed by atoms with Crippen molar-refractivity contribution in [2.75, 3.05) is 0 Å². The summed E-state index contributed by atoms with van der Waals surface area (Å²) in [7, 11) is 0. The van der Waals surface area contributed by atoms with Gasteiger partial charge in [-0.15, -0.1) is 0 Å². The Morgan fingerprint density at radius 2 is 1.49 bits per heavy atom. The quantitative estimate of drug-likeness (QED) is 0.268. The lowest BCUT2D eigenvalue weighted by atomic mass is 9.36. The summed E-state index contributed by atoms with van der Waals surface area (Å²) in [5, 5.41) is 13.6. The first kappa shape index (κ1) is 26.0. The molecular weight excluding hydrogens is 450 g/mol. The van der Waals surface area contributed by atoms with Crippen molar-refractivity contribution in [3.05, 3.63) is 0 Å². The van der Waals surface area contributed by atoms with Gasteiger partial charge >= 0.3 is 17.9 Å². The minimum Gasteiger partial charge on any atom is -0.462 e. The van der Waals surface area contributed by atoms with Crippen LogP contribution in [0.2, 0.25) is 0 Å². The largest absolute Gasteiger partial charge is 0.462 e. The van der Waals surface area contributed by atoms with E-state index in [4.69, 9.17) is 14.2 Å². The van der Waals surface area contributed by atoms with E-state index < -0.39 is 12.1 Å². The molecule has 0 aromatic rings. The second kappa shape index (κ2) is 8.77. The van der Waals surface area contributed by atoms with Crippen molar-refractivity contribution < 1.29 is 33.8 Å². The Balaban J connectivity index is 1.78. The number of nitrogens with zero attached hydrogens (tertiary/aromatic N) is 1. The van der Waals surface area contributed by atoms with Crippen LogP contribution in [0.25, 0.3) is 0 Å². The van der Waals surface area contributed by atoms with Crippen molar-refractivity contribution >= 4 is 23.6 Å². The van der Waals surface area contributed by atoms with Crippen LogP contribution in [-0.4, -0.2) is 47.1 Å². The van der Waals surface area contributed by atoms with Crippen molar-refractivity contribution in [3.63, 3.8) is 0 Å². The van der Waals surface area contributed by atoms with Crippen LogP contribution in [0, 0.1) is 39.9 Å². The van der Waals surface area contributed by atoms with Crippen molar-refractivity contribution in [3.8, 4) is 0 Å². The van der Waals surface area contributed by atoms with E-state index in [0.29, 0.717) is 24.5 Å². The summed E-state index contributed by atoms with van der Waals surface area (Å²) in [5.74, 6) is -0.496. The Morgan fingerprint density at radius 3 is 2.06 bits per heavy atom. The molecule has 4 saturated carbocycles. The maximum Gasteiger partial charge on any atom is 0.303 e. The monoisotopic (exact) mass is 491 g/mol. The van der Waals surface area contributed by atoms with E-state index in [0.717, 1.165) is 25.7 Å². The lowest BCUT2D eigenvalue weighted by Crippen LogP contribution is -2.66. The third-order valence-electron chi connectivity index (χ3n) is 10.7. The Labute approximate surface area is 208 Å². The third-order valence-corrected chi connectivity index (χ3v) is 10.7. The molecule has 0 aromatic carbocycles. The van der Waals surface area contributed by atoms with E-state index in [2.05, 4.69) is 32.9 Å². The molecule has 0 heterocycles. The second-order valence-corrected chi connectivity index (χ2v) is 12.3. The smallest absolute Gasteiger partial charge is 0.303 e. The van der Waals surface area contributed by atoms with Crippen LogP contribution in [0.15, 0.2) is 5.16 Å². The lowest BCUT2D eigenvalue weighted by molar-refractivity contribution is -0.241.